The molecule has 0 amide bonds. The molecule has 0 atom stereocenters. The highest BCUT2D eigenvalue weighted by Gasteiger charge is 2.24. The first kappa shape index (κ1) is 6.37. The quantitative estimate of drug-likeness (QED) is 0.591. The van der Waals surface area contributed by atoms with Crippen LogP contribution in [0.5, 0.6) is 0 Å². The van der Waals surface area contributed by atoms with Gasteiger partial charge in [-0.15, -0.1) is 0 Å². The first-order valence-electron chi connectivity index (χ1n) is 2.92. The van der Waals surface area contributed by atoms with Crippen LogP contribution in [0.25, 0.3) is 0 Å². The molecule has 0 fully saturated rings. The number of fused-ring (bicyclic) bond motifs is 1. The minimum Gasteiger partial charge on any atom is -0.228 e. The molecule has 1 aliphatic heterocycles. The normalized spacial score (nSPS) is 20.8. The predicted molar refractivity (Wildman–Crippen MR) is 40.6 cm³/mol. The number of hydrogen-bond acceptors (Lipinski definition) is 3. The van der Waals surface area contributed by atoms with E-state index in [9.17, 15) is 8.42 Å². The Labute approximate surface area is 63.4 Å². The van der Waals surface area contributed by atoms with Crippen molar-refractivity contribution in [3.05, 3.63) is 21.9 Å². The second kappa shape index (κ2) is 1.83. The van der Waals surface area contributed by atoms with E-state index in [1.165, 1.54) is 0 Å². The Bertz CT molecular complexity index is 321. The summed E-state index contributed by atoms with van der Waals surface area (Å²) in [6.45, 7) is 0. The first-order valence-corrected chi connectivity index (χ1v) is 5.68. The lowest BCUT2D eigenvalue weighted by Gasteiger charge is -1.85. The third-order valence-corrected chi connectivity index (χ3v) is 3.93. The molecule has 0 N–H and O–H groups in total. The highest BCUT2D eigenvalue weighted by molar-refractivity contribution is 7.90. The second-order valence-electron chi connectivity index (χ2n) is 2.45. The Morgan fingerprint density at radius 1 is 1.20 bits per heavy atom. The summed E-state index contributed by atoms with van der Waals surface area (Å²) < 4.78 is 21.9. The lowest BCUT2D eigenvalue weighted by Crippen LogP contribution is -1.95. The van der Waals surface area contributed by atoms with Crippen molar-refractivity contribution >= 4 is 21.2 Å². The fraction of sp³-hybridized carbons (Fsp3) is 0.333. The molecule has 10 heavy (non-hydrogen) atoms. The first-order chi connectivity index (χ1) is 4.67. The third kappa shape index (κ3) is 0.876. The van der Waals surface area contributed by atoms with Crippen molar-refractivity contribution in [3.63, 3.8) is 0 Å². The molecule has 0 bridgehead atoms. The van der Waals surface area contributed by atoms with E-state index < -0.39 is 9.84 Å². The van der Waals surface area contributed by atoms with Crippen molar-refractivity contribution in [1.29, 1.82) is 0 Å². The van der Waals surface area contributed by atoms with Crippen molar-refractivity contribution < 1.29 is 8.42 Å². The zero-order valence-corrected chi connectivity index (χ0v) is 6.83. The molecule has 2 rings (SSSR count). The van der Waals surface area contributed by atoms with Gasteiger partial charge in [-0.2, -0.15) is 11.3 Å². The summed E-state index contributed by atoms with van der Waals surface area (Å²) in [6.07, 6.45) is 0. The molecule has 0 radical (unpaired) electrons. The zero-order valence-electron chi connectivity index (χ0n) is 5.20. The maximum absolute atomic E-state index is 11.0. The molecule has 1 aromatic heterocycles. The summed E-state index contributed by atoms with van der Waals surface area (Å²) in [6, 6.07) is 0. The molecular formula is C6H6O2S2. The molecule has 0 spiro atoms. The molecule has 1 aromatic rings. The molecular weight excluding hydrogens is 168 g/mol. The highest BCUT2D eigenvalue weighted by Crippen LogP contribution is 2.27. The summed E-state index contributed by atoms with van der Waals surface area (Å²) in [5.41, 5.74) is 2.01. The van der Waals surface area contributed by atoms with Gasteiger partial charge in [-0.3, -0.25) is 0 Å². The van der Waals surface area contributed by atoms with Crippen LogP contribution in [0.4, 0.5) is 0 Å². The standard InChI is InChI=1S/C6H6O2S2/c7-10(8)3-5-1-9-2-6(5)4-10/h1-2H,3-4H2. The van der Waals surface area contributed by atoms with Gasteiger partial charge in [-0.25, -0.2) is 8.42 Å². The Morgan fingerprint density at radius 3 is 2.20 bits per heavy atom. The summed E-state index contributed by atoms with van der Waals surface area (Å²) >= 11 is 1.58. The summed E-state index contributed by atoms with van der Waals surface area (Å²) in [7, 11) is -2.76. The Morgan fingerprint density at radius 2 is 1.70 bits per heavy atom. The molecule has 0 saturated heterocycles. The van der Waals surface area contributed by atoms with Crippen molar-refractivity contribution in [3.8, 4) is 0 Å². The van der Waals surface area contributed by atoms with E-state index in [-0.39, 0.29) is 11.5 Å². The van der Waals surface area contributed by atoms with Gasteiger partial charge < -0.3 is 0 Å². The number of rotatable bonds is 0. The lowest BCUT2D eigenvalue weighted by molar-refractivity contribution is 0.598. The van der Waals surface area contributed by atoms with Crippen LogP contribution in [0.15, 0.2) is 10.8 Å². The van der Waals surface area contributed by atoms with Crippen LogP contribution in [0.2, 0.25) is 0 Å². The summed E-state index contributed by atoms with van der Waals surface area (Å²) in [5, 5.41) is 3.83. The SMILES string of the molecule is O=S1(=O)Cc2cscc2C1. The average Bonchev–Trinajstić information content (AvgIpc) is 2.20. The van der Waals surface area contributed by atoms with Crippen LogP contribution < -0.4 is 0 Å². The molecule has 2 nitrogen and oxygen atoms in total. The molecule has 0 saturated carbocycles. The Hall–Kier alpha value is -0.350. The van der Waals surface area contributed by atoms with Crippen LogP contribution in [0, 0.1) is 0 Å². The van der Waals surface area contributed by atoms with Gasteiger partial charge in [0.1, 0.15) is 0 Å². The highest BCUT2D eigenvalue weighted by atomic mass is 32.2. The monoisotopic (exact) mass is 174 g/mol. The largest absolute Gasteiger partial charge is 0.228 e. The van der Waals surface area contributed by atoms with Gasteiger partial charge >= 0.3 is 0 Å². The van der Waals surface area contributed by atoms with Gasteiger partial charge in [0.05, 0.1) is 11.5 Å². The van der Waals surface area contributed by atoms with Gasteiger partial charge in [-0.1, -0.05) is 0 Å². The molecule has 0 aliphatic carbocycles. The third-order valence-electron chi connectivity index (χ3n) is 1.58. The van der Waals surface area contributed by atoms with Crippen molar-refractivity contribution in [2.24, 2.45) is 0 Å². The second-order valence-corrected chi connectivity index (χ2v) is 5.26. The molecule has 4 heteroatoms. The summed E-state index contributed by atoms with van der Waals surface area (Å²) in [5.74, 6) is 0.512. The summed E-state index contributed by atoms with van der Waals surface area (Å²) in [4.78, 5) is 0. The van der Waals surface area contributed by atoms with Crippen LogP contribution >= 0.6 is 11.3 Å². The van der Waals surface area contributed by atoms with Gasteiger partial charge in [-0.05, 0) is 21.9 Å². The minimum absolute atomic E-state index is 0.256. The zero-order chi connectivity index (χ0) is 7.19. The van der Waals surface area contributed by atoms with Crippen LogP contribution in [0.3, 0.4) is 0 Å². The topological polar surface area (TPSA) is 34.1 Å². The maximum atomic E-state index is 11.0. The van der Waals surface area contributed by atoms with E-state index in [1.54, 1.807) is 11.3 Å². The van der Waals surface area contributed by atoms with Gasteiger partial charge in [0.15, 0.2) is 9.84 Å². The molecule has 1 aliphatic rings. The van der Waals surface area contributed by atoms with Gasteiger partial charge in [0.25, 0.3) is 0 Å². The van der Waals surface area contributed by atoms with Crippen molar-refractivity contribution in [1.82, 2.24) is 0 Å². The average molecular weight is 174 g/mol. The van der Waals surface area contributed by atoms with Gasteiger partial charge in [0, 0.05) is 0 Å². The Kier molecular flexibility index (Phi) is 1.16. The van der Waals surface area contributed by atoms with E-state index in [0.717, 1.165) is 11.1 Å². The predicted octanol–water partition coefficient (Wildman–Crippen LogP) is 1.18. The van der Waals surface area contributed by atoms with Crippen molar-refractivity contribution in [2.75, 3.05) is 0 Å². The van der Waals surface area contributed by atoms with E-state index >= 15 is 0 Å². The molecule has 0 aromatic carbocycles. The fourth-order valence-electron chi connectivity index (χ4n) is 1.13. The van der Waals surface area contributed by atoms with Crippen LogP contribution in [-0.2, 0) is 21.3 Å². The number of sulfone groups is 1. The minimum atomic E-state index is -2.76. The lowest BCUT2D eigenvalue weighted by atomic mass is 10.2. The van der Waals surface area contributed by atoms with E-state index in [1.807, 2.05) is 10.8 Å². The molecule has 54 valence electrons. The van der Waals surface area contributed by atoms with E-state index in [0.29, 0.717) is 0 Å². The van der Waals surface area contributed by atoms with Crippen LogP contribution in [0.1, 0.15) is 11.1 Å². The maximum Gasteiger partial charge on any atom is 0.158 e. The number of hydrogen-bond donors (Lipinski definition) is 0. The molecule has 2 heterocycles. The smallest absolute Gasteiger partial charge is 0.158 e. The van der Waals surface area contributed by atoms with Crippen molar-refractivity contribution in [2.45, 2.75) is 11.5 Å². The fourth-order valence-corrected chi connectivity index (χ4v) is 3.79. The van der Waals surface area contributed by atoms with E-state index in [2.05, 4.69) is 0 Å². The van der Waals surface area contributed by atoms with E-state index in [4.69, 9.17) is 0 Å². The molecule has 0 unspecified atom stereocenters. The Balaban J connectivity index is 2.56. The van der Waals surface area contributed by atoms with Crippen LogP contribution in [-0.4, -0.2) is 8.42 Å². The number of thiophene rings is 1. The van der Waals surface area contributed by atoms with Gasteiger partial charge in [0.2, 0.25) is 0 Å².